The van der Waals surface area contributed by atoms with E-state index < -0.39 is 29.2 Å². The van der Waals surface area contributed by atoms with E-state index in [4.69, 9.17) is 4.74 Å². The van der Waals surface area contributed by atoms with Crippen LogP contribution in [0.25, 0.3) is 0 Å². The number of halogens is 2. The van der Waals surface area contributed by atoms with Crippen LogP contribution in [0.4, 0.5) is 8.78 Å². The third-order valence-corrected chi connectivity index (χ3v) is 2.31. The van der Waals surface area contributed by atoms with E-state index in [9.17, 15) is 18.7 Å². The van der Waals surface area contributed by atoms with Crippen LogP contribution in [0.15, 0.2) is 18.2 Å². The second kappa shape index (κ2) is 7.03. The van der Waals surface area contributed by atoms with Gasteiger partial charge in [0.25, 0.3) is 5.91 Å². The molecule has 0 aliphatic heterocycles. The Morgan fingerprint density at radius 3 is 2.61 bits per heavy atom. The van der Waals surface area contributed by atoms with Crippen molar-refractivity contribution in [3.8, 4) is 0 Å². The molecular weight excluding hydrogens is 244 g/mol. The molecular formula is C12H15F2NO3. The molecule has 0 aromatic heterocycles. The minimum absolute atomic E-state index is 0.108. The summed E-state index contributed by atoms with van der Waals surface area (Å²) in [5, 5.41) is 11.7. The van der Waals surface area contributed by atoms with E-state index in [0.29, 0.717) is 0 Å². The lowest BCUT2D eigenvalue weighted by atomic mass is 10.2. The normalized spacial score (nSPS) is 12.2. The van der Waals surface area contributed by atoms with Crippen molar-refractivity contribution in [2.45, 2.75) is 12.5 Å². The van der Waals surface area contributed by atoms with Gasteiger partial charge in [0, 0.05) is 13.7 Å². The number of aliphatic hydroxyl groups is 1. The predicted octanol–water partition coefficient (Wildman–Crippen LogP) is 1.09. The maximum atomic E-state index is 13.2. The highest BCUT2D eigenvalue weighted by molar-refractivity contribution is 5.94. The van der Waals surface area contributed by atoms with Crippen molar-refractivity contribution in [2.75, 3.05) is 20.3 Å². The molecule has 0 fully saturated rings. The summed E-state index contributed by atoms with van der Waals surface area (Å²) in [7, 11) is 1.44. The second-order valence-corrected chi connectivity index (χ2v) is 3.75. The lowest BCUT2D eigenvalue weighted by Gasteiger charge is -2.10. The molecule has 4 nitrogen and oxygen atoms in total. The van der Waals surface area contributed by atoms with E-state index in [1.165, 1.54) is 13.2 Å². The van der Waals surface area contributed by atoms with Crippen molar-refractivity contribution >= 4 is 5.91 Å². The van der Waals surface area contributed by atoms with E-state index in [-0.39, 0.29) is 19.6 Å². The molecule has 1 aromatic carbocycles. The quantitative estimate of drug-likeness (QED) is 0.804. The van der Waals surface area contributed by atoms with Crippen molar-refractivity contribution in [3.63, 3.8) is 0 Å². The molecule has 0 radical (unpaired) electrons. The summed E-state index contributed by atoms with van der Waals surface area (Å²) in [6, 6.07) is 3.21. The zero-order chi connectivity index (χ0) is 13.5. The van der Waals surface area contributed by atoms with Gasteiger partial charge in [-0.1, -0.05) is 6.07 Å². The number of carbonyl (C=O) groups is 1. The number of amides is 1. The smallest absolute Gasteiger partial charge is 0.257 e. The van der Waals surface area contributed by atoms with Gasteiger partial charge in [0.05, 0.1) is 12.7 Å². The van der Waals surface area contributed by atoms with Crippen molar-refractivity contribution in [1.29, 1.82) is 0 Å². The van der Waals surface area contributed by atoms with Crippen LogP contribution in [0, 0.1) is 11.6 Å². The summed E-state index contributed by atoms with van der Waals surface area (Å²) in [5.41, 5.74) is -0.612. The molecule has 6 heteroatoms. The number of methoxy groups -OCH3 is 1. The van der Waals surface area contributed by atoms with Crippen LogP contribution in [-0.4, -0.2) is 37.4 Å². The van der Waals surface area contributed by atoms with Crippen molar-refractivity contribution < 1.29 is 23.4 Å². The topological polar surface area (TPSA) is 58.6 Å². The van der Waals surface area contributed by atoms with Crippen LogP contribution < -0.4 is 5.32 Å². The zero-order valence-corrected chi connectivity index (χ0v) is 9.95. The summed E-state index contributed by atoms with van der Waals surface area (Å²) in [5.74, 6) is -2.66. The molecule has 1 aromatic rings. The fourth-order valence-corrected chi connectivity index (χ4v) is 1.43. The number of benzene rings is 1. The number of carbonyl (C=O) groups excluding carboxylic acids is 1. The predicted molar refractivity (Wildman–Crippen MR) is 61.2 cm³/mol. The molecule has 1 unspecified atom stereocenters. The Kier molecular flexibility index (Phi) is 5.67. The first kappa shape index (κ1) is 14.5. The highest BCUT2D eigenvalue weighted by Crippen LogP contribution is 2.11. The Morgan fingerprint density at radius 2 is 2.06 bits per heavy atom. The van der Waals surface area contributed by atoms with Crippen molar-refractivity contribution in [1.82, 2.24) is 5.32 Å². The number of nitrogens with one attached hydrogen (secondary N) is 1. The van der Waals surface area contributed by atoms with Crippen LogP contribution in [0.3, 0.4) is 0 Å². The molecule has 0 saturated heterocycles. The Balaban J connectivity index is 2.51. The van der Waals surface area contributed by atoms with E-state index in [1.807, 2.05) is 0 Å². The van der Waals surface area contributed by atoms with Gasteiger partial charge in [-0.05, 0) is 18.6 Å². The molecule has 0 aliphatic carbocycles. The van der Waals surface area contributed by atoms with Gasteiger partial charge in [-0.3, -0.25) is 4.79 Å². The molecule has 1 rings (SSSR count). The fourth-order valence-electron chi connectivity index (χ4n) is 1.43. The summed E-state index contributed by atoms with van der Waals surface area (Å²) in [4.78, 5) is 11.5. The highest BCUT2D eigenvalue weighted by atomic mass is 19.1. The molecule has 1 atom stereocenters. The number of aliphatic hydroxyl groups excluding tert-OH is 1. The van der Waals surface area contributed by atoms with Gasteiger partial charge in [0.2, 0.25) is 0 Å². The van der Waals surface area contributed by atoms with Crippen LogP contribution in [0.5, 0.6) is 0 Å². The van der Waals surface area contributed by atoms with Crippen LogP contribution in [0.2, 0.25) is 0 Å². The van der Waals surface area contributed by atoms with Gasteiger partial charge < -0.3 is 15.2 Å². The lowest BCUT2D eigenvalue weighted by molar-refractivity contribution is 0.0587. The third-order valence-electron chi connectivity index (χ3n) is 2.31. The number of hydrogen-bond acceptors (Lipinski definition) is 3. The van der Waals surface area contributed by atoms with Gasteiger partial charge in [0.1, 0.15) is 17.2 Å². The molecule has 0 heterocycles. The Bertz CT molecular complexity index is 392. The SMILES string of the molecule is COCC(O)CCNC(=O)c1c(F)cccc1F. The summed E-state index contributed by atoms with van der Waals surface area (Å²) in [6.45, 7) is 0.251. The Hall–Kier alpha value is -1.53. The van der Waals surface area contributed by atoms with Gasteiger partial charge in [0.15, 0.2) is 0 Å². The number of rotatable bonds is 6. The summed E-state index contributed by atoms with van der Waals surface area (Å²) in [6.07, 6.45) is -0.476. The highest BCUT2D eigenvalue weighted by Gasteiger charge is 2.16. The fraction of sp³-hybridized carbons (Fsp3) is 0.417. The van der Waals surface area contributed by atoms with E-state index in [0.717, 1.165) is 12.1 Å². The maximum Gasteiger partial charge on any atom is 0.257 e. The first-order valence-electron chi connectivity index (χ1n) is 5.45. The first-order valence-corrected chi connectivity index (χ1v) is 5.45. The summed E-state index contributed by atoms with van der Waals surface area (Å²) >= 11 is 0. The van der Waals surface area contributed by atoms with E-state index >= 15 is 0 Å². The van der Waals surface area contributed by atoms with Crippen LogP contribution in [-0.2, 0) is 4.74 Å². The van der Waals surface area contributed by atoms with Crippen molar-refractivity contribution in [3.05, 3.63) is 35.4 Å². The zero-order valence-electron chi connectivity index (χ0n) is 9.95. The average Bonchev–Trinajstić information content (AvgIpc) is 2.29. The van der Waals surface area contributed by atoms with E-state index in [2.05, 4.69) is 5.32 Å². The Morgan fingerprint density at radius 1 is 1.44 bits per heavy atom. The van der Waals surface area contributed by atoms with Gasteiger partial charge in [-0.2, -0.15) is 0 Å². The molecule has 0 spiro atoms. The average molecular weight is 259 g/mol. The molecule has 1 amide bonds. The van der Waals surface area contributed by atoms with Gasteiger partial charge in [-0.15, -0.1) is 0 Å². The first-order chi connectivity index (χ1) is 8.56. The second-order valence-electron chi connectivity index (χ2n) is 3.75. The standard InChI is InChI=1S/C12H15F2NO3/c1-18-7-8(16)5-6-15-12(17)11-9(13)3-2-4-10(11)14/h2-4,8,16H,5-7H2,1H3,(H,15,17). The molecule has 2 N–H and O–H groups in total. The van der Waals surface area contributed by atoms with Crippen molar-refractivity contribution in [2.24, 2.45) is 0 Å². The molecule has 18 heavy (non-hydrogen) atoms. The summed E-state index contributed by atoms with van der Waals surface area (Å²) < 4.78 is 31.2. The number of ether oxygens (including phenoxy) is 1. The van der Waals surface area contributed by atoms with Crippen LogP contribution >= 0.6 is 0 Å². The largest absolute Gasteiger partial charge is 0.391 e. The van der Waals surface area contributed by atoms with Gasteiger partial charge >= 0.3 is 0 Å². The number of hydrogen-bond donors (Lipinski definition) is 2. The molecule has 0 saturated carbocycles. The Labute approximate surface area is 104 Å². The molecule has 100 valence electrons. The third kappa shape index (κ3) is 4.05. The minimum atomic E-state index is -0.912. The van der Waals surface area contributed by atoms with Crippen LogP contribution in [0.1, 0.15) is 16.8 Å². The maximum absolute atomic E-state index is 13.2. The molecule has 0 bridgehead atoms. The van der Waals surface area contributed by atoms with Gasteiger partial charge in [-0.25, -0.2) is 8.78 Å². The lowest BCUT2D eigenvalue weighted by Crippen LogP contribution is -2.29. The minimum Gasteiger partial charge on any atom is -0.391 e. The molecule has 0 aliphatic rings. The monoisotopic (exact) mass is 259 g/mol. The van der Waals surface area contributed by atoms with E-state index in [1.54, 1.807) is 0 Å².